The predicted molar refractivity (Wildman–Crippen MR) is 47.7 cm³/mol. The Morgan fingerprint density at radius 1 is 1.42 bits per heavy atom. The Balaban J connectivity index is 2.41. The molecule has 0 amide bonds. The highest BCUT2D eigenvalue weighted by Crippen LogP contribution is 2.28. The fourth-order valence-corrected chi connectivity index (χ4v) is 1.91. The van der Waals surface area contributed by atoms with Gasteiger partial charge >= 0.3 is 0 Å². The van der Waals surface area contributed by atoms with Gasteiger partial charge in [-0.1, -0.05) is 12.5 Å². The molecule has 1 rings (SSSR count). The van der Waals surface area contributed by atoms with Crippen LogP contribution in [0.3, 0.4) is 0 Å². The van der Waals surface area contributed by atoms with Gasteiger partial charge in [0.25, 0.3) is 6.47 Å². The topological polar surface area (TPSA) is 26.3 Å². The zero-order chi connectivity index (χ0) is 8.81. The Labute approximate surface area is 73.6 Å². The monoisotopic (exact) mass is 168 g/mol. The molecule has 0 spiro atoms. The van der Waals surface area contributed by atoms with E-state index in [-0.39, 0.29) is 6.10 Å². The van der Waals surface area contributed by atoms with Crippen LogP contribution in [0.4, 0.5) is 0 Å². The van der Waals surface area contributed by atoms with E-state index in [1.165, 1.54) is 19.3 Å². The zero-order valence-electron chi connectivity index (χ0n) is 7.37. The molecule has 0 radical (unpaired) electrons. The van der Waals surface area contributed by atoms with Crippen LogP contribution in [0.25, 0.3) is 0 Å². The molecule has 1 fully saturated rings. The second-order valence-electron chi connectivity index (χ2n) is 3.34. The Morgan fingerprint density at radius 2 is 2.17 bits per heavy atom. The van der Waals surface area contributed by atoms with Crippen LogP contribution in [0.5, 0.6) is 0 Å². The highest BCUT2D eigenvalue weighted by Gasteiger charge is 2.24. The largest absolute Gasteiger partial charge is 0.464 e. The van der Waals surface area contributed by atoms with Crippen LogP contribution < -0.4 is 0 Å². The number of hydrogen-bond donors (Lipinski definition) is 0. The minimum absolute atomic E-state index is 0.147. The minimum Gasteiger partial charge on any atom is -0.464 e. The predicted octanol–water partition coefficient (Wildman–Crippen LogP) is 2.29. The van der Waals surface area contributed by atoms with Crippen molar-refractivity contribution < 1.29 is 9.53 Å². The molecule has 0 bridgehead atoms. The summed E-state index contributed by atoms with van der Waals surface area (Å²) in [5, 5.41) is 0. The number of hydrogen-bond acceptors (Lipinski definition) is 2. The lowest BCUT2D eigenvalue weighted by Gasteiger charge is -2.28. The molecule has 2 heteroatoms. The Hall–Kier alpha value is -0.790. The highest BCUT2D eigenvalue weighted by molar-refractivity contribution is 5.37. The van der Waals surface area contributed by atoms with E-state index in [0.717, 1.165) is 12.8 Å². The molecule has 0 aliphatic heterocycles. The van der Waals surface area contributed by atoms with E-state index < -0.39 is 0 Å². The second kappa shape index (κ2) is 4.96. The van der Waals surface area contributed by atoms with Gasteiger partial charge in [0.2, 0.25) is 0 Å². The van der Waals surface area contributed by atoms with Crippen LogP contribution in [0.2, 0.25) is 0 Å². The maximum absolute atomic E-state index is 10.2. The van der Waals surface area contributed by atoms with Crippen LogP contribution in [-0.4, -0.2) is 12.6 Å². The zero-order valence-corrected chi connectivity index (χ0v) is 7.37. The second-order valence-corrected chi connectivity index (χ2v) is 3.34. The fraction of sp³-hybridized carbons (Fsp3) is 0.700. The highest BCUT2D eigenvalue weighted by atomic mass is 16.5. The summed E-state index contributed by atoms with van der Waals surface area (Å²) < 4.78 is 5.02. The van der Waals surface area contributed by atoms with Crippen molar-refractivity contribution in [3.05, 3.63) is 12.7 Å². The van der Waals surface area contributed by atoms with Crippen LogP contribution in [0.1, 0.15) is 32.1 Å². The van der Waals surface area contributed by atoms with Gasteiger partial charge in [0.1, 0.15) is 6.10 Å². The Bertz CT molecular complexity index is 136. The van der Waals surface area contributed by atoms with E-state index in [2.05, 4.69) is 6.58 Å². The van der Waals surface area contributed by atoms with Gasteiger partial charge in [0, 0.05) is 0 Å². The van der Waals surface area contributed by atoms with Crippen molar-refractivity contribution in [2.45, 2.75) is 38.2 Å². The van der Waals surface area contributed by atoms with E-state index in [1.807, 2.05) is 6.08 Å². The summed E-state index contributed by atoms with van der Waals surface area (Å²) in [5.74, 6) is 0.515. The molecule has 0 unspecified atom stereocenters. The third-order valence-corrected chi connectivity index (χ3v) is 2.54. The summed E-state index contributed by atoms with van der Waals surface area (Å²) in [5.41, 5.74) is 0. The van der Waals surface area contributed by atoms with Crippen molar-refractivity contribution in [1.82, 2.24) is 0 Å². The van der Waals surface area contributed by atoms with E-state index in [9.17, 15) is 4.79 Å². The van der Waals surface area contributed by atoms with Gasteiger partial charge in [-0.05, 0) is 31.6 Å². The summed E-state index contributed by atoms with van der Waals surface area (Å²) in [6, 6.07) is 0. The van der Waals surface area contributed by atoms with Gasteiger partial charge in [-0.3, -0.25) is 4.79 Å². The molecule has 2 atom stereocenters. The number of carbonyl (C=O) groups excluding carboxylic acids is 1. The average Bonchev–Trinajstić information content (AvgIpc) is 2.09. The lowest BCUT2D eigenvalue weighted by molar-refractivity contribution is -0.137. The summed E-state index contributed by atoms with van der Waals surface area (Å²) in [6.07, 6.45) is 7.68. The van der Waals surface area contributed by atoms with Gasteiger partial charge in [-0.2, -0.15) is 0 Å². The first-order chi connectivity index (χ1) is 5.88. The normalized spacial score (nSPS) is 29.3. The lowest BCUT2D eigenvalue weighted by Crippen LogP contribution is -2.26. The maximum atomic E-state index is 10.2. The molecule has 1 saturated carbocycles. The molecule has 0 heterocycles. The standard InChI is InChI=1S/C10H16O2/c1-2-5-9-6-3-4-7-10(9)12-8-11/h2,8-10H,1,3-7H2/t9-,10+/m1/s1. The van der Waals surface area contributed by atoms with Crippen molar-refractivity contribution in [3.63, 3.8) is 0 Å². The first kappa shape index (κ1) is 9.30. The summed E-state index contributed by atoms with van der Waals surface area (Å²) >= 11 is 0. The van der Waals surface area contributed by atoms with E-state index in [0.29, 0.717) is 12.4 Å². The van der Waals surface area contributed by atoms with Crippen molar-refractivity contribution in [2.75, 3.05) is 0 Å². The van der Waals surface area contributed by atoms with Crippen molar-refractivity contribution in [1.29, 1.82) is 0 Å². The minimum atomic E-state index is 0.147. The SMILES string of the molecule is C=CC[C@@H]1CCCC[C@@H]1OC=O. The smallest absolute Gasteiger partial charge is 0.293 e. The number of ether oxygens (including phenoxy) is 1. The maximum Gasteiger partial charge on any atom is 0.293 e. The van der Waals surface area contributed by atoms with Gasteiger partial charge in [-0.25, -0.2) is 0 Å². The third-order valence-electron chi connectivity index (χ3n) is 2.54. The molecule has 68 valence electrons. The van der Waals surface area contributed by atoms with Gasteiger partial charge in [0.15, 0.2) is 0 Å². The van der Waals surface area contributed by atoms with Crippen LogP contribution in [-0.2, 0) is 9.53 Å². The Kier molecular flexibility index (Phi) is 3.85. The van der Waals surface area contributed by atoms with E-state index >= 15 is 0 Å². The molecule has 1 aliphatic rings. The molecular weight excluding hydrogens is 152 g/mol. The fourth-order valence-electron chi connectivity index (χ4n) is 1.91. The van der Waals surface area contributed by atoms with Crippen LogP contribution >= 0.6 is 0 Å². The van der Waals surface area contributed by atoms with E-state index in [1.54, 1.807) is 0 Å². The quantitative estimate of drug-likeness (QED) is 0.475. The first-order valence-electron chi connectivity index (χ1n) is 4.58. The average molecular weight is 168 g/mol. The molecule has 0 N–H and O–H groups in total. The molecule has 2 nitrogen and oxygen atoms in total. The van der Waals surface area contributed by atoms with Gasteiger partial charge < -0.3 is 4.74 Å². The van der Waals surface area contributed by atoms with Crippen molar-refractivity contribution in [2.24, 2.45) is 5.92 Å². The number of allylic oxidation sites excluding steroid dienone is 1. The molecule has 1 aliphatic carbocycles. The first-order valence-corrected chi connectivity index (χ1v) is 4.58. The number of rotatable bonds is 4. The summed E-state index contributed by atoms with van der Waals surface area (Å²) in [6.45, 7) is 4.28. The number of carbonyl (C=O) groups is 1. The van der Waals surface area contributed by atoms with Crippen molar-refractivity contribution in [3.8, 4) is 0 Å². The summed E-state index contributed by atoms with van der Waals surface area (Å²) in [7, 11) is 0. The van der Waals surface area contributed by atoms with Crippen molar-refractivity contribution >= 4 is 6.47 Å². The summed E-state index contributed by atoms with van der Waals surface area (Å²) in [4.78, 5) is 10.2. The molecule has 0 aromatic heterocycles. The van der Waals surface area contributed by atoms with Crippen LogP contribution in [0.15, 0.2) is 12.7 Å². The lowest BCUT2D eigenvalue weighted by atomic mass is 9.84. The molecular formula is C10H16O2. The van der Waals surface area contributed by atoms with Gasteiger partial charge in [0.05, 0.1) is 0 Å². The van der Waals surface area contributed by atoms with E-state index in [4.69, 9.17) is 4.74 Å². The molecule has 0 aromatic rings. The molecule has 0 saturated heterocycles. The van der Waals surface area contributed by atoms with Gasteiger partial charge in [-0.15, -0.1) is 6.58 Å². The Morgan fingerprint density at radius 3 is 2.83 bits per heavy atom. The molecule has 0 aromatic carbocycles. The third kappa shape index (κ3) is 2.36. The molecule has 12 heavy (non-hydrogen) atoms. The van der Waals surface area contributed by atoms with Crippen LogP contribution in [0, 0.1) is 5.92 Å².